The van der Waals surface area contributed by atoms with E-state index in [1.54, 1.807) is 0 Å². The van der Waals surface area contributed by atoms with Gasteiger partial charge in [-0.3, -0.25) is 4.79 Å². The Balaban J connectivity index is 2.59. The predicted molar refractivity (Wildman–Crippen MR) is 64.7 cm³/mol. The minimum Gasteiger partial charge on any atom is -0.480 e. The van der Waals surface area contributed by atoms with Crippen LogP contribution in [0.1, 0.15) is 39.5 Å². The standard InChI is InChI=1S/C12H22N2O3/c1-3-4-9(10(15)16)14-11(17)12(2)5-7-13-8-6-12/h9,13H,3-8H2,1-2H3,(H,14,17)(H,15,16)/t9-/m1/s1. The van der Waals surface area contributed by atoms with Crippen molar-refractivity contribution < 1.29 is 14.7 Å². The molecule has 0 aromatic heterocycles. The van der Waals surface area contributed by atoms with Crippen LogP contribution in [0.5, 0.6) is 0 Å². The van der Waals surface area contributed by atoms with Gasteiger partial charge < -0.3 is 15.7 Å². The zero-order valence-electron chi connectivity index (χ0n) is 10.6. The lowest BCUT2D eigenvalue weighted by Crippen LogP contribution is -2.50. The topological polar surface area (TPSA) is 78.4 Å². The second-order valence-electron chi connectivity index (χ2n) is 4.96. The Hall–Kier alpha value is -1.10. The first-order valence-corrected chi connectivity index (χ1v) is 6.24. The summed E-state index contributed by atoms with van der Waals surface area (Å²) in [6.45, 7) is 5.45. The number of nitrogens with one attached hydrogen (secondary N) is 2. The fourth-order valence-corrected chi connectivity index (χ4v) is 2.08. The van der Waals surface area contributed by atoms with Crippen LogP contribution >= 0.6 is 0 Å². The Morgan fingerprint density at radius 3 is 2.47 bits per heavy atom. The summed E-state index contributed by atoms with van der Waals surface area (Å²) >= 11 is 0. The van der Waals surface area contributed by atoms with E-state index in [9.17, 15) is 9.59 Å². The van der Waals surface area contributed by atoms with Crippen molar-refractivity contribution in [2.45, 2.75) is 45.6 Å². The summed E-state index contributed by atoms with van der Waals surface area (Å²) in [5.41, 5.74) is -0.424. The molecule has 0 aliphatic carbocycles. The highest BCUT2D eigenvalue weighted by Crippen LogP contribution is 2.28. The Labute approximate surface area is 102 Å². The van der Waals surface area contributed by atoms with Crippen molar-refractivity contribution in [3.05, 3.63) is 0 Å². The van der Waals surface area contributed by atoms with Crippen molar-refractivity contribution in [2.75, 3.05) is 13.1 Å². The zero-order chi connectivity index (χ0) is 12.9. The Bertz CT molecular complexity index is 285. The number of carbonyl (C=O) groups is 2. The molecule has 0 bridgehead atoms. The molecular weight excluding hydrogens is 220 g/mol. The molecule has 1 heterocycles. The second kappa shape index (κ2) is 6.00. The van der Waals surface area contributed by atoms with E-state index in [0.717, 1.165) is 32.4 Å². The maximum Gasteiger partial charge on any atom is 0.326 e. The quantitative estimate of drug-likeness (QED) is 0.664. The van der Waals surface area contributed by atoms with Gasteiger partial charge in [0.2, 0.25) is 5.91 Å². The van der Waals surface area contributed by atoms with Crippen molar-refractivity contribution in [1.82, 2.24) is 10.6 Å². The highest BCUT2D eigenvalue weighted by Gasteiger charge is 2.36. The lowest BCUT2D eigenvalue weighted by Gasteiger charge is -2.33. The Kier molecular flexibility index (Phi) is 4.93. The number of hydrogen-bond acceptors (Lipinski definition) is 3. The number of carboxylic acid groups (broad SMARTS) is 1. The van der Waals surface area contributed by atoms with Crippen LogP contribution in [0.3, 0.4) is 0 Å². The maximum absolute atomic E-state index is 12.1. The molecule has 5 heteroatoms. The molecule has 0 aromatic rings. The van der Waals surface area contributed by atoms with E-state index in [-0.39, 0.29) is 5.91 Å². The summed E-state index contributed by atoms with van der Waals surface area (Å²) in [4.78, 5) is 23.1. The van der Waals surface area contributed by atoms with Gasteiger partial charge in [-0.15, -0.1) is 0 Å². The van der Waals surface area contributed by atoms with E-state index in [1.165, 1.54) is 0 Å². The molecular formula is C12H22N2O3. The summed E-state index contributed by atoms with van der Waals surface area (Å²) in [6.07, 6.45) is 2.75. The number of carbonyl (C=O) groups excluding carboxylic acids is 1. The summed E-state index contributed by atoms with van der Waals surface area (Å²) in [5.74, 6) is -1.07. The summed E-state index contributed by atoms with van der Waals surface area (Å²) < 4.78 is 0. The Morgan fingerprint density at radius 2 is 2.00 bits per heavy atom. The fourth-order valence-electron chi connectivity index (χ4n) is 2.08. The molecule has 1 amide bonds. The van der Waals surface area contributed by atoms with Crippen molar-refractivity contribution in [3.8, 4) is 0 Å². The van der Waals surface area contributed by atoms with Crippen LogP contribution in [-0.4, -0.2) is 36.1 Å². The third-order valence-electron chi connectivity index (χ3n) is 3.44. The molecule has 0 saturated carbocycles. The van der Waals surface area contributed by atoms with Gasteiger partial charge in [-0.2, -0.15) is 0 Å². The van der Waals surface area contributed by atoms with Crippen LogP contribution in [0.25, 0.3) is 0 Å². The molecule has 1 aliphatic rings. The van der Waals surface area contributed by atoms with E-state index >= 15 is 0 Å². The molecule has 1 saturated heterocycles. The average Bonchev–Trinajstić information content (AvgIpc) is 2.29. The molecule has 1 atom stereocenters. The van der Waals surface area contributed by atoms with Crippen LogP contribution in [0.2, 0.25) is 0 Å². The van der Waals surface area contributed by atoms with E-state index in [0.29, 0.717) is 6.42 Å². The number of amides is 1. The molecule has 3 N–H and O–H groups in total. The van der Waals surface area contributed by atoms with Crippen LogP contribution in [0.15, 0.2) is 0 Å². The van der Waals surface area contributed by atoms with Crippen LogP contribution in [-0.2, 0) is 9.59 Å². The first-order chi connectivity index (χ1) is 7.99. The molecule has 0 radical (unpaired) electrons. The van der Waals surface area contributed by atoms with Gasteiger partial charge >= 0.3 is 5.97 Å². The molecule has 0 aromatic carbocycles. The third kappa shape index (κ3) is 3.70. The van der Waals surface area contributed by atoms with Crippen molar-refractivity contribution in [1.29, 1.82) is 0 Å². The zero-order valence-corrected chi connectivity index (χ0v) is 10.6. The highest BCUT2D eigenvalue weighted by molar-refractivity contribution is 5.87. The SMILES string of the molecule is CCC[C@@H](NC(=O)C1(C)CCNCC1)C(=O)O. The van der Waals surface area contributed by atoms with Crippen molar-refractivity contribution in [2.24, 2.45) is 5.41 Å². The molecule has 0 unspecified atom stereocenters. The minimum absolute atomic E-state index is 0.125. The lowest BCUT2D eigenvalue weighted by molar-refractivity contribution is -0.144. The molecule has 0 spiro atoms. The Morgan fingerprint density at radius 1 is 1.41 bits per heavy atom. The van der Waals surface area contributed by atoms with Gasteiger partial charge in [-0.05, 0) is 32.4 Å². The van der Waals surface area contributed by atoms with Gasteiger partial charge in [-0.1, -0.05) is 20.3 Å². The molecule has 5 nitrogen and oxygen atoms in total. The number of piperidine rings is 1. The van der Waals surface area contributed by atoms with Gasteiger partial charge in [-0.25, -0.2) is 4.79 Å². The van der Waals surface area contributed by atoms with Gasteiger partial charge in [0, 0.05) is 5.41 Å². The van der Waals surface area contributed by atoms with Gasteiger partial charge in [0.1, 0.15) is 6.04 Å². The minimum atomic E-state index is -0.947. The van der Waals surface area contributed by atoms with Crippen molar-refractivity contribution >= 4 is 11.9 Å². The van der Waals surface area contributed by atoms with Gasteiger partial charge in [0.15, 0.2) is 0 Å². The molecule has 1 rings (SSSR count). The normalized spacial score (nSPS) is 20.6. The average molecular weight is 242 g/mol. The van der Waals surface area contributed by atoms with Crippen LogP contribution < -0.4 is 10.6 Å². The largest absolute Gasteiger partial charge is 0.480 e. The van der Waals surface area contributed by atoms with Gasteiger partial charge in [0.25, 0.3) is 0 Å². The van der Waals surface area contributed by atoms with Crippen molar-refractivity contribution in [3.63, 3.8) is 0 Å². The van der Waals surface area contributed by atoms with E-state index in [4.69, 9.17) is 5.11 Å². The van der Waals surface area contributed by atoms with E-state index < -0.39 is 17.4 Å². The predicted octanol–water partition coefficient (Wildman–Crippen LogP) is 0.746. The third-order valence-corrected chi connectivity index (χ3v) is 3.44. The van der Waals surface area contributed by atoms with Crippen LogP contribution in [0.4, 0.5) is 0 Å². The summed E-state index contributed by atoms with van der Waals surface area (Å²) in [5, 5.41) is 14.9. The summed E-state index contributed by atoms with van der Waals surface area (Å²) in [6, 6.07) is -0.751. The lowest BCUT2D eigenvalue weighted by atomic mass is 9.80. The number of rotatable bonds is 5. The van der Waals surface area contributed by atoms with E-state index in [1.807, 2.05) is 13.8 Å². The number of hydrogen-bond donors (Lipinski definition) is 3. The van der Waals surface area contributed by atoms with Gasteiger partial charge in [0.05, 0.1) is 0 Å². The summed E-state index contributed by atoms with van der Waals surface area (Å²) in [7, 11) is 0. The fraction of sp³-hybridized carbons (Fsp3) is 0.833. The van der Waals surface area contributed by atoms with E-state index in [2.05, 4.69) is 10.6 Å². The molecule has 98 valence electrons. The smallest absolute Gasteiger partial charge is 0.326 e. The molecule has 1 aliphatic heterocycles. The first kappa shape index (κ1) is 14.0. The molecule has 17 heavy (non-hydrogen) atoms. The first-order valence-electron chi connectivity index (χ1n) is 6.24. The number of carboxylic acids is 1. The monoisotopic (exact) mass is 242 g/mol. The molecule has 1 fully saturated rings. The maximum atomic E-state index is 12.1. The number of aliphatic carboxylic acids is 1. The second-order valence-corrected chi connectivity index (χ2v) is 4.96. The highest BCUT2D eigenvalue weighted by atomic mass is 16.4. The van der Waals surface area contributed by atoms with Crippen LogP contribution in [0, 0.1) is 5.41 Å².